The van der Waals surface area contributed by atoms with Crippen LogP contribution in [0.25, 0.3) is 0 Å². The highest BCUT2D eigenvalue weighted by Crippen LogP contribution is 2.00. The maximum absolute atomic E-state index is 7.00. The van der Waals surface area contributed by atoms with Crippen molar-refractivity contribution >= 4 is 0 Å². The van der Waals surface area contributed by atoms with Gasteiger partial charge in [0, 0.05) is 7.11 Å². The Morgan fingerprint density at radius 3 is 0.161 bits per heavy atom. The third-order valence-electron chi connectivity index (χ3n) is 9.57. The van der Waals surface area contributed by atoms with E-state index in [4.69, 9.17) is 5.11 Å². The Balaban J connectivity index is -0.0000000515. The number of rotatable bonds is 30. The van der Waals surface area contributed by atoms with Crippen LogP contribution in [0.5, 0.6) is 0 Å². The molecule has 0 radical (unpaired) electrons. The normalized spacial score (nSPS) is 8.81. The Hall–Kier alpha value is -0.0400. The second-order valence-electron chi connectivity index (χ2n) is 17.1. The van der Waals surface area contributed by atoms with E-state index in [9.17, 15) is 0 Å². The number of aliphatic hydroxyl groups excluding tert-OH is 1. The molecule has 0 rings (SSSR count). The third-order valence-corrected chi connectivity index (χ3v) is 9.57. The zero-order valence-corrected chi connectivity index (χ0v) is 49.7. The molecule has 0 amide bonds. The molecule has 0 aliphatic heterocycles. The number of unbranched alkanes of at least 4 members (excludes halogenated alkanes) is 30. The maximum Gasteiger partial charge on any atom is 0.0319 e. The van der Waals surface area contributed by atoms with Crippen LogP contribution in [0, 0.1) is 0 Å². The molecule has 0 spiro atoms. The van der Waals surface area contributed by atoms with E-state index in [2.05, 4.69) is 138 Å². The summed E-state index contributed by atoms with van der Waals surface area (Å²) in [5, 5.41) is 7.00. The van der Waals surface area contributed by atoms with Crippen molar-refractivity contribution in [1.29, 1.82) is 0 Å². The molecular formula is C61H144O. The van der Waals surface area contributed by atoms with Crippen LogP contribution in [0.2, 0.25) is 0 Å². The molecule has 1 nitrogen and oxygen atoms in total. The van der Waals surface area contributed by atoms with Crippen LogP contribution in [0.4, 0.5) is 0 Å². The Kier molecular flexibility index (Phi) is 196. The van der Waals surface area contributed by atoms with Gasteiger partial charge in [0.2, 0.25) is 0 Å². The topological polar surface area (TPSA) is 20.2 Å². The van der Waals surface area contributed by atoms with Crippen LogP contribution in [-0.2, 0) is 0 Å². The average Bonchev–Trinajstić information content (AvgIpc) is 3.32. The highest BCUT2D eigenvalue weighted by Gasteiger charge is 1.80. The van der Waals surface area contributed by atoms with Gasteiger partial charge in [-0.05, 0) is 0 Å². The Labute approximate surface area is 405 Å². The molecule has 1 N–H and O–H groups in total. The van der Waals surface area contributed by atoms with Crippen molar-refractivity contribution in [2.45, 2.75) is 395 Å². The summed E-state index contributed by atoms with van der Waals surface area (Å²) in [7, 11) is 1.00. The van der Waals surface area contributed by atoms with Gasteiger partial charge in [-0.1, -0.05) is 395 Å². The van der Waals surface area contributed by atoms with Crippen molar-refractivity contribution in [2.75, 3.05) is 7.11 Å². The molecule has 0 heterocycles. The fraction of sp³-hybridized carbons (Fsp3) is 1.00. The lowest BCUT2D eigenvalue weighted by Gasteiger charge is -1.86. The highest BCUT2D eigenvalue weighted by molar-refractivity contribution is 4.36. The van der Waals surface area contributed by atoms with Gasteiger partial charge in [-0.25, -0.2) is 0 Å². The zero-order valence-electron chi connectivity index (χ0n) is 49.7. The van der Waals surface area contributed by atoms with Gasteiger partial charge >= 0.3 is 0 Å². The lowest BCUT2D eigenvalue weighted by atomic mass is 10.2. The minimum atomic E-state index is 1.00. The van der Waals surface area contributed by atoms with Gasteiger partial charge in [0.15, 0.2) is 0 Å². The average molecular weight is 894 g/mol. The summed E-state index contributed by atoms with van der Waals surface area (Å²) < 4.78 is 0. The van der Waals surface area contributed by atoms with Gasteiger partial charge in [0.1, 0.15) is 0 Å². The smallest absolute Gasteiger partial charge is 0.0319 e. The van der Waals surface area contributed by atoms with Crippen molar-refractivity contribution in [1.82, 2.24) is 0 Å². The molecule has 0 aromatic heterocycles. The minimum Gasteiger partial charge on any atom is -0.400 e. The molecule has 0 saturated heterocycles. The zero-order chi connectivity index (χ0) is 50.3. The molecule has 0 bridgehead atoms. The number of aliphatic hydroxyl groups is 1. The maximum atomic E-state index is 7.00. The fourth-order valence-corrected chi connectivity index (χ4v) is 5.00. The van der Waals surface area contributed by atoms with Gasteiger partial charge in [-0.15, -0.1) is 0 Å². The molecule has 0 atom stereocenters. The first-order valence-corrected chi connectivity index (χ1v) is 29.6. The first kappa shape index (κ1) is 88.7. The van der Waals surface area contributed by atoms with E-state index in [1.807, 2.05) is 0 Å². The molecule has 62 heavy (non-hydrogen) atoms. The molecule has 0 fully saturated rings. The van der Waals surface area contributed by atoms with Crippen molar-refractivity contribution in [3.8, 4) is 0 Å². The van der Waals surface area contributed by atoms with E-state index >= 15 is 0 Å². The van der Waals surface area contributed by atoms with Crippen LogP contribution in [0.15, 0.2) is 0 Å². The standard InChI is InChI=1S/10C6H14.CH4O/c10*1-3-5-6-4-2;1-2/h10*3-6H2,1-2H3;2H,1H3. The summed E-state index contributed by atoms with van der Waals surface area (Å²) >= 11 is 0. The number of hydrogen-bond donors (Lipinski definition) is 1. The summed E-state index contributed by atoms with van der Waals surface area (Å²) in [6.45, 7) is 44.6. The Morgan fingerprint density at radius 1 is 0.113 bits per heavy atom. The molecule has 1 heteroatoms. The lowest BCUT2D eigenvalue weighted by molar-refractivity contribution is 0.399. The van der Waals surface area contributed by atoms with E-state index in [0.717, 1.165) is 7.11 Å². The van der Waals surface area contributed by atoms with Crippen LogP contribution in [-0.4, -0.2) is 12.2 Å². The third kappa shape index (κ3) is 232. The van der Waals surface area contributed by atoms with Crippen molar-refractivity contribution in [2.24, 2.45) is 0 Å². The minimum absolute atomic E-state index is 1.00. The molecule has 0 aliphatic rings. The molecular weight excluding hydrogens is 749 g/mol. The molecule has 394 valence electrons. The summed E-state index contributed by atoms with van der Waals surface area (Å²) in [5.74, 6) is 0. The quantitative estimate of drug-likeness (QED) is 0.0713. The molecule has 0 aromatic carbocycles. The van der Waals surface area contributed by atoms with Gasteiger partial charge < -0.3 is 5.11 Å². The van der Waals surface area contributed by atoms with Crippen LogP contribution >= 0.6 is 0 Å². The fourth-order valence-electron chi connectivity index (χ4n) is 5.00. The van der Waals surface area contributed by atoms with Gasteiger partial charge in [0.25, 0.3) is 0 Å². The Morgan fingerprint density at radius 2 is 0.145 bits per heavy atom. The summed E-state index contributed by atoms with van der Waals surface area (Å²) in [5.41, 5.74) is 0. The van der Waals surface area contributed by atoms with Gasteiger partial charge in [0.05, 0.1) is 0 Å². The predicted octanol–water partition coefficient (Wildman–Crippen LogP) is 25.5. The summed E-state index contributed by atoms with van der Waals surface area (Å²) in [6, 6.07) is 0. The second kappa shape index (κ2) is 137. The predicted molar refractivity (Wildman–Crippen MR) is 306 cm³/mol. The van der Waals surface area contributed by atoms with E-state index in [1.165, 1.54) is 257 Å². The van der Waals surface area contributed by atoms with Crippen molar-refractivity contribution < 1.29 is 5.11 Å². The van der Waals surface area contributed by atoms with Crippen molar-refractivity contribution in [3.63, 3.8) is 0 Å². The first-order chi connectivity index (χ1) is 30.1. The summed E-state index contributed by atoms with van der Waals surface area (Å²) in [4.78, 5) is 0. The van der Waals surface area contributed by atoms with E-state index in [0.29, 0.717) is 0 Å². The van der Waals surface area contributed by atoms with Gasteiger partial charge in [-0.3, -0.25) is 0 Å². The van der Waals surface area contributed by atoms with E-state index in [1.54, 1.807) is 0 Å². The largest absolute Gasteiger partial charge is 0.400 e. The Bertz CT molecular complexity index is 260. The van der Waals surface area contributed by atoms with Gasteiger partial charge in [-0.2, -0.15) is 0 Å². The van der Waals surface area contributed by atoms with E-state index in [-0.39, 0.29) is 0 Å². The van der Waals surface area contributed by atoms with Crippen LogP contribution in [0.3, 0.4) is 0 Å². The summed E-state index contributed by atoms with van der Waals surface area (Å²) in [6.07, 6.45) is 55.4. The monoisotopic (exact) mass is 893 g/mol. The molecule has 0 saturated carbocycles. The SMILES string of the molecule is CCCCCC.CCCCCC.CCCCCC.CCCCCC.CCCCCC.CCCCCC.CCCCCC.CCCCCC.CCCCCC.CCCCCC.CO. The van der Waals surface area contributed by atoms with Crippen LogP contribution < -0.4 is 0 Å². The second-order valence-corrected chi connectivity index (χ2v) is 17.1. The number of hydrogen-bond acceptors (Lipinski definition) is 1. The lowest BCUT2D eigenvalue weighted by Crippen LogP contribution is -1.66. The van der Waals surface area contributed by atoms with Crippen molar-refractivity contribution in [3.05, 3.63) is 0 Å². The molecule has 0 aromatic rings. The van der Waals surface area contributed by atoms with Crippen LogP contribution in [0.1, 0.15) is 395 Å². The first-order valence-electron chi connectivity index (χ1n) is 29.6. The van der Waals surface area contributed by atoms with E-state index < -0.39 is 0 Å². The molecule has 0 unspecified atom stereocenters. The highest BCUT2D eigenvalue weighted by atomic mass is 16.2. The molecule has 0 aliphatic carbocycles.